The van der Waals surface area contributed by atoms with E-state index in [0.29, 0.717) is 13.0 Å². The molecule has 1 fully saturated rings. The Bertz CT molecular complexity index is 659. The number of aryl methyl sites for hydroxylation is 1. The lowest BCUT2D eigenvalue weighted by Crippen LogP contribution is -2.51. The number of carbonyl (C=O) groups excluding carboxylic acids is 1. The van der Waals surface area contributed by atoms with Crippen molar-refractivity contribution >= 4 is 16.7 Å². The Morgan fingerprint density at radius 2 is 1.82 bits per heavy atom. The van der Waals surface area contributed by atoms with E-state index < -0.39 is 0 Å². The van der Waals surface area contributed by atoms with Crippen LogP contribution in [0.1, 0.15) is 37.7 Å². The van der Waals surface area contributed by atoms with Gasteiger partial charge < -0.3 is 11.1 Å². The van der Waals surface area contributed by atoms with Crippen molar-refractivity contribution in [1.82, 2.24) is 5.32 Å². The molecular weight excluding hydrogens is 272 g/mol. The van der Waals surface area contributed by atoms with E-state index in [1.54, 1.807) is 0 Å². The molecule has 3 N–H and O–H groups in total. The average Bonchev–Trinajstić information content (AvgIpc) is 3.02. The summed E-state index contributed by atoms with van der Waals surface area (Å²) in [6, 6.07) is 14.7. The van der Waals surface area contributed by atoms with Crippen LogP contribution in [0.25, 0.3) is 10.8 Å². The lowest BCUT2D eigenvalue weighted by molar-refractivity contribution is -0.122. The van der Waals surface area contributed by atoms with Gasteiger partial charge in [0.1, 0.15) is 0 Å². The standard InChI is InChI=1S/C19H24N2O/c20-14-19(11-3-4-12-19)21-18(22)10-8-15-7-9-16-5-1-2-6-17(16)13-15/h1-2,5-7,9,13H,3-4,8,10-12,14,20H2,(H,21,22). The monoisotopic (exact) mass is 296 g/mol. The number of nitrogens with two attached hydrogens (primary N) is 1. The van der Waals surface area contributed by atoms with Crippen LogP contribution in [-0.4, -0.2) is 18.0 Å². The van der Waals surface area contributed by atoms with Gasteiger partial charge in [0, 0.05) is 13.0 Å². The molecule has 1 saturated carbocycles. The minimum Gasteiger partial charge on any atom is -0.349 e. The van der Waals surface area contributed by atoms with Gasteiger partial charge in [-0.15, -0.1) is 0 Å². The van der Waals surface area contributed by atoms with Crippen LogP contribution in [0.5, 0.6) is 0 Å². The summed E-state index contributed by atoms with van der Waals surface area (Å²) in [5.74, 6) is 0.125. The molecule has 0 bridgehead atoms. The van der Waals surface area contributed by atoms with Crippen LogP contribution in [0.2, 0.25) is 0 Å². The summed E-state index contributed by atoms with van der Waals surface area (Å²) in [6.07, 6.45) is 5.68. The second-order valence-corrected chi connectivity index (χ2v) is 6.42. The molecule has 0 aromatic heterocycles. The molecule has 0 aliphatic heterocycles. The molecule has 0 spiro atoms. The van der Waals surface area contributed by atoms with Crippen molar-refractivity contribution in [3.8, 4) is 0 Å². The van der Waals surface area contributed by atoms with Crippen LogP contribution < -0.4 is 11.1 Å². The highest BCUT2D eigenvalue weighted by atomic mass is 16.1. The maximum absolute atomic E-state index is 12.2. The van der Waals surface area contributed by atoms with Crippen molar-refractivity contribution in [1.29, 1.82) is 0 Å². The highest BCUT2D eigenvalue weighted by Gasteiger charge is 2.33. The van der Waals surface area contributed by atoms with E-state index in [4.69, 9.17) is 5.73 Å². The fraction of sp³-hybridized carbons (Fsp3) is 0.421. The minimum atomic E-state index is -0.138. The number of hydrogen-bond donors (Lipinski definition) is 2. The fourth-order valence-corrected chi connectivity index (χ4v) is 3.44. The first-order valence-electron chi connectivity index (χ1n) is 8.20. The highest BCUT2D eigenvalue weighted by Crippen LogP contribution is 2.28. The van der Waals surface area contributed by atoms with Crippen LogP contribution >= 0.6 is 0 Å². The maximum Gasteiger partial charge on any atom is 0.220 e. The quantitative estimate of drug-likeness (QED) is 0.890. The van der Waals surface area contributed by atoms with Gasteiger partial charge in [-0.3, -0.25) is 4.79 Å². The molecule has 0 radical (unpaired) electrons. The largest absolute Gasteiger partial charge is 0.349 e. The molecule has 1 aliphatic rings. The second-order valence-electron chi connectivity index (χ2n) is 6.42. The highest BCUT2D eigenvalue weighted by molar-refractivity contribution is 5.83. The van der Waals surface area contributed by atoms with E-state index >= 15 is 0 Å². The number of carbonyl (C=O) groups is 1. The smallest absolute Gasteiger partial charge is 0.220 e. The predicted molar refractivity (Wildman–Crippen MR) is 90.7 cm³/mol. The summed E-state index contributed by atoms with van der Waals surface area (Å²) in [7, 11) is 0. The Balaban J connectivity index is 1.60. The molecule has 3 rings (SSSR count). The third-order valence-corrected chi connectivity index (χ3v) is 4.81. The lowest BCUT2D eigenvalue weighted by atomic mass is 9.97. The van der Waals surface area contributed by atoms with Gasteiger partial charge in [-0.2, -0.15) is 0 Å². The van der Waals surface area contributed by atoms with Crippen LogP contribution in [0.4, 0.5) is 0 Å². The molecule has 1 amide bonds. The third kappa shape index (κ3) is 3.30. The van der Waals surface area contributed by atoms with Crippen LogP contribution in [0, 0.1) is 0 Å². The van der Waals surface area contributed by atoms with Crippen LogP contribution in [0.15, 0.2) is 42.5 Å². The summed E-state index contributed by atoms with van der Waals surface area (Å²) in [6.45, 7) is 0.550. The molecule has 22 heavy (non-hydrogen) atoms. The number of hydrogen-bond acceptors (Lipinski definition) is 2. The van der Waals surface area contributed by atoms with Gasteiger partial charge in [0.15, 0.2) is 0 Å². The SMILES string of the molecule is NCC1(NC(=O)CCc2ccc3ccccc3c2)CCCC1. The Hall–Kier alpha value is -1.87. The Morgan fingerprint density at radius 1 is 1.09 bits per heavy atom. The Morgan fingerprint density at radius 3 is 2.55 bits per heavy atom. The zero-order valence-electron chi connectivity index (χ0n) is 13.0. The van der Waals surface area contributed by atoms with E-state index in [2.05, 4.69) is 35.6 Å². The molecule has 116 valence electrons. The molecule has 2 aromatic carbocycles. The summed E-state index contributed by atoms with van der Waals surface area (Å²) in [4.78, 5) is 12.2. The van der Waals surface area contributed by atoms with Crippen LogP contribution in [0.3, 0.4) is 0 Å². The number of amides is 1. The zero-order chi connectivity index (χ0) is 15.4. The Labute approximate surface area is 131 Å². The van der Waals surface area contributed by atoms with E-state index in [0.717, 1.165) is 19.3 Å². The van der Waals surface area contributed by atoms with Gasteiger partial charge in [-0.25, -0.2) is 0 Å². The van der Waals surface area contributed by atoms with Crippen molar-refractivity contribution in [3.05, 3.63) is 48.0 Å². The van der Waals surface area contributed by atoms with Gasteiger partial charge in [0.2, 0.25) is 5.91 Å². The molecule has 0 atom stereocenters. The predicted octanol–water partition coefficient (Wildman–Crippen LogP) is 3.16. The molecule has 0 heterocycles. The van der Waals surface area contributed by atoms with Crippen molar-refractivity contribution < 1.29 is 4.79 Å². The second kappa shape index (κ2) is 6.49. The van der Waals surface area contributed by atoms with E-state index in [1.807, 2.05) is 12.1 Å². The van der Waals surface area contributed by atoms with Crippen molar-refractivity contribution in [2.24, 2.45) is 5.73 Å². The van der Waals surface area contributed by atoms with Crippen molar-refractivity contribution in [2.75, 3.05) is 6.54 Å². The van der Waals surface area contributed by atoms with Gasteiger partial charge >= 0.3 is 0 Å². The first-order chi connectivity index (χ1) is 10.7. The fourth-order valence-electron chi connectivity index (χ4n) is 3.44. The summed E-state index contributed by atoms with van der Waals surface area (Å²) in [5, 5.41) is 5.66. The van der Waals surface area contributed by atoms with Gasteiger partial charge in [-0.05, 0) is 35.6 Å². The van der Waals surface area contributed by atoms with Gasteiger partial charge in [0.25, 0.3) is 0 Å². The molecule has 0 unspecified atom stereocenters. The molecular formula is C19H24N2O. The number of fused-ring (bicyclic) bond motifs is 1. The maximum atomic E-state index is 12.2. The molecule has 2 aromatic rings. The third-order valence-electron chi connectivity index (χ3n) is 4.81. The van der Waals surface area contributed by atoms with Gasteiger partial charge in [-0.1, -0.05) is 55.3 Å². The number of nitrogens with one attached hydrogen (secondary N) is 1. The van der Waals surface area contributed by atoms with E-state index in [1.165, 1.54) is 29.2 Å². The van der Waals surface area contributed by atoms with E-state index in [-0.39, 0.29) is 11.4 Å². The first-order valence-corrected chi connectivity index (χ1v) is 8.20. The van der Waals surface area contributed by atoms with Crippen molar-refractivity contribution in [3.63, 3.8) is 0 Å². The van der Waals surface area contributed by atoms with E-state index in [9.17, 15) is 4.79 Å². The molecule has 3 nitrogen and oxygen atoms in total. The summed E-state index contributed by atoms with van der Waals surface area (Å²) in [5.41, 5.74) is 6.94. The average molecular weight is 296 g/mol. The molecule has 0 saturated heterocycles. The Kier molecular flexibility index (Phi) is 4.44. The number of rotatable bonds is 5. The van der Waals surface area contributed by atoms with Crippen LogP contribution in [-0.2, 0) is 11.2 Å². The normalized spacial score (nSPS) is 16.8. The summed E-state index contributed by atoms with van der Waals surface area (Å²) < 4.78 is 0. The molecule has 3 heteroatoms. The minimum absolute atomic E-state index is 0.125. The lowest BCUT2D eigenvalue weighted by Gasteiger charge is -2.28. The zero-order valence-corrected chi connectivity index (χ0v) is 13.0. The first kappa shape index (κ1) is 15.0. The van der Waals surface area contributed by atoms with Crippen molar-refractivity contribution in [2.45, 2.75) is 44.1 Å². The molecule has 1 aliphatic carbocycles. The number of benzene rings is 2. The summed E-state index contributed by atoms with van der Waals surface area (Å²) >= 11 is 0. The van der Waals surface area contributed by atoms with Gasteiger partial charge in [0.05, 0.1) is 5.54 Å². The topological polar surface area (TPSA) is 55.1 Å².